The van der Waals surface area contributed by atoms with Gasteiger partial charge in [0.25, 0.3) is 0 Å². The van der Waals surface area contributed by atoms with E-state index in [2.05, 4.69) is 4.74 Å². The van der Waals surface area contributed by atoms with Crippen LogP contribution in [-0.2, 0) is 20.8 Å². The van der Waals surface area contributed by atoms with Crippen molar-refractivity contribution in [3.05, 3.63) is 0 Å². The highest BCUT2D eigenvalue weighted by Gasteiger charge is 2.06. The molecule has 0 aromatic heterocycles. The summed E-state index contributed by atoms with van der Waals surface area (Å²) in [5, 5.41) is 0. The Morgan fingerprint density at radius 3 is 2.69 bits per heavy atom. The summed E-state index contributed by atoms with van der Waals surface area (Å²) in [4.78, 5) is 10.8. The van der Waals surface area contributed by atoms with Crippen molar-refractivity contribution in [3.63, 3.8) is 0 Å². The van der Waals surface area contributed by atoms with Crippen molar-refractivity contribution in [1.29, 1.82) is 0 Å². The number of carbonyl (C=O) groups is 1. The molecule has 78 valence electrons. The Bertz CT molecular complexity index is 185. The van der Waals surface area contributed by atoms with E-state index in [0.29, 0.717) is 19.6 Å². The van der Waals surface area contributed by atoms with E-state index in [-0.39, 0.29) is 12.4 Å². The topological polar surface area (TPSA) is 66.8 Å². The van der Waals surface area contributed by atoms with Crippen molar-refractivity contribution < 1.29 is 18.3 Å². The standard InChI is InChI=1S/C7H15NO4S/c1-3-12-7(9)5-4-6-8(2)13(10)11/h3-6H2,1-2H3,(H,10,11). The third kappa shape index (κ3) is 6.68. The minimum atomic E-state index is -1.95. The highest BCUT2D eigenvalue weighted by atomic mass is 32.2. The second-order valence-corrected chi connectivity index (χ2v) is 3.58. The van der Waals surface area contributed by atoms with E-state index in [0.717, 1.165) is 0 Å². The summed E-state index contributed by atoms with van der Waals surface area (Å²) in [5.74, 6) is -0.264. The van der Waals surface area contributed by atoms with Crippen molar-refractivity contribution in [2.75, 3.05) is 20.2 Å². The first kappa shape index (κ1) is 12.5. The molecule has 0 rings (SSSR count). The van der Waals surface area contributed by atoms with E-state index in [1.54, 1.807) is 6.92 Å². The molecule has 0 amide bonds. The third-order valence-electron chi connectivity index (χ3n) is 1.43. The van der Waals surface area contributed by atoms with Crippen LogP contribution in [0.5, 0.6) is 0 Å². The summed E-state index contributed by atoms with van der Waals surface area (Å²) in [6.07, 6.45) is 0.816. The number of hydrogen-bond acceptors (Lipinski definition) is 3. The van der Waals surface area contributed by atoms with Gasteiger partial charge in [-0.15, -0.1) is 0 Å². The van der Waals surface area contributed by atoms with Crippen LogP contribution in [0.15, 0.2) is 0 Å². The maximum atomic E-state index is 10.8. The minimum Gasteiger partial charge on any atom is -0.466 e. The maximum Gasteiger partial charge on any atom is 0.305 e. The first-order valence-corrected chi connectivity index (χ1v) is 5.12. The van der Waals surface area contributed by atoms with Gasteiger partial charge in [-0.2, -0.15) is 0 Å². The zero-order valence-corrected chi connectivity index (χ0v) is 8.67. The molecule has 0 fully saturated rings. The first-order valence-electron chi connectivity index (χ1n) is 4.05. The van der Waals surface area contributed by atoms with Crippen molar-refractivity contribution in [2.24, 2.45) is 0 Å². The van der Waals surface area contributed by atoms with Crippen molar-refractivity contribution in [3.8, 4) is 0 Å². The van der Waals surface area contributed by atoms with Gasteiger partial charge in [0.2, 0.25) is 11.3 Å². The van der Waals surface area contributed by atoms with Gasteiger partial charge in [0, 0.05) is 20.0 Å². The van der Waals surface area contributed by atoms with Gasteiger partial charge in [0.1, 0.15) is 0 Å². The zero-order valence-electron chi connectivity index (χ0n) is 7.86. The Morgan fingerprint density at radius 1 is 1.62 bits per heavy atom. The van der Waals surface area contributed by atoms with Gasteiger partial charge >= 0.3 is 5.97 Å². The van der Waals surface area contributed by atoms with Crippen LogP contribution in [0, 0.1) is 0 Å². The molecule has 0 bridgehead atoms. The average molecular weight is 209 g/mol. The van der Waals surface area contributed by atoms with Crippen molar-refractivity contribution in [2.45, 2.75) is 19.8 Å². The number of carbonyl (C=O) groups excluding carboxylic acids is 1. The van der Waals surface area contributed by atoms with Gasteiger partial charge in [-0.25, -0.2) is 8.51 Å². The predicted octanol–water partition coefficient (Wildman–Crippen LogP) is 0.398. The van der Waals surface area contributed by atoms with Crippen LogP contribution in [0.2, 0.25) is 0 Å². The second kappa shape index (κ2) is 6.99. The number of nitrogens with zero attached hydrogens (tertiary/aromatic N) is 1. The molecule has 0 aliphatic rings. The molecule has 13 heavy (non-hydrogen) atoms. The Hall–Kier alpha value is -0.460. The van der Waals surface area contributed by atoms with Crippen LogP contribution in [0.3, 0.4) is 0 Å². The molecule has 0 heterocycles. The van der Waals surface area contributed by atoms with Crippen molar-refractivity contribution >= 4 is 17.2 Å². The largest absolute Gasteiger partial charge is 0.466 e. The van der Waals surface area contributed by atoms with Crippen LogP contribution in [0.25, 0.3) is 0 Å². The minimum absolute atomic E-state index is 0.264. The van der Waals surface area contributed by atoms with E-state index >= 15 is 0 Å². The summed E-state index contributed by atoms with van der Waals surface area (Å²) in [7, 11) is 1.52. The predicted molar refractivity (Wildman–Crippen MR) is 49.3 cm³/mol. The summed E-state index contributed by atoms with van der Waals surface area (Å²) < 4.78 is 24.9. The molecule has 0 saturated heterocycles. The van der Waals surface area contributed by atoms with E-state index in [1.807, 2.05) is 0 Å². The number of ether oxygens (including phenoxy) is 1. The quantitative estimate of drug-likeness (QED) is 0.508. The molecule has 0 saturated carbocycles. The summed E-state index contributed by atoms with van der Waals surface area (Å²) in [6, 6.07) is 0. The number of hydrogen-bond donors (Lipinski definition) is 1. The van der Waals surface area contributed by atoms with E-state index < -0.39 is 11.3 Å². The highest BCUT2D eigenvalue weighted by Crippen LogP contribution is 1.96. The maximum absolute atomic E-state index is 10.8. The lowest BCUT2D eigenvalue weighted by Crippen LogP contribution is -2.22. The van der Waals surface area contributed by atoms with Gasteiger partial charge in [0.05, 0.1) is 6.61 Å². The first-order chi connectivity index (χ1) is 6.07. The average Bonchev–Trinajstić information content (AvgIpc) is 2.04. The highest BCUT2D eigenvalue weighted by molar-refractivity contribution is 7.76. The summed E-state index contributed by atoms with van der Waals surface area (Å²) >= 11 is -1.95. The lowest BCUT2D eigenvalue weighted by Gasteiger charge is -2.09. The fourth-order valence-electron chi connectivity index (χ4n) is 0.757. The Balaban J connectivity index is 3.44. The fraction of sp³-hybridized carbons (Fsp3) is 0.857. The molecule has 1 N–H and O–H groups in total. The van der Waals surface area contributed by atoms with Gasteiger partial charge in [-0.3, -0.25) is 9.35 Å². The van der Waals surface area contributed by atoms with E-state index in [4.69, 9.17) is 4.55 Å². The number of esters is 1. The normalized spacial score (nSPS) is 12.9. The van der Waals surface area contributed by atoms with E-state index in [1.165, 1.54) is 11.4 Å². The van der Waals surface area contributed by atoms with Gasteiger partial charge in [-0.05, 0) is 13.3 Å². The SMILES string of the molecule is CCOC(=O)CCCN(C)S(=O)O. The lowest BCUT2D eigenvalue weighted by molar-refractivity contribution is -0.143. The molecule has 0 radical (unpaired) electrons. The Morgan fingerprint density at radius 2 is 2.23 bits per heavy atom. The van der Waals surface area contributed by atoms with Gasteiger partial charge in [-0.1, -0.05) is 0 Å². The molecule has 0 aromatic carbocycles. The van der Waals surface area contributed by atoms with E-state index in [9.17, 15) is 9.00 Å². The molecular formula is C7H15NO4S. The van der Waals surface area contributed by atoms with Gasteiger partial charge in [0.15, 0.2) is 0 Å². The van der Waals surface area contributed by atoms with Crippen LogP contribution in [-0.4, -0.2) is 39.2 Å². The Kier molecular flexibility index (Phi) is 6.75. The second-order valence-electron chi connectivity index (χ2n) is 2.49. The van der Waals surface area contributed by atoms with Gasteiger partial charge < -0.3 is 4.74 Å². The van der Waals surface area contributed by atoms with Crippen LogP contribution in [0.4, 0.5) is 0 Å². The molecular weight excluding hydrogens is 194 g/mol. The van der Waals surface area contributed by atoms with Crippen LogP contribution >= 0.6 is 0 Å². The summed E-state index contributed by atoms with van der Waals surface area (Å²) in [5.41, 5.74) is 0. The molecule has 0 aromatic rings. The van der Waals surface area contributed by atoms with Crippen LogP contribution < -0.4 is 0 Å². The molecule has 6 heteroatoms. The molecule has 0 aliphatic heterocycles. The lowest BCUT2D eigenvalue weighted by atomic mass is 10.3. The smallest absolute Gasteiger partial charge is 0.305 e. The van der Waals surface area contributed by atoms with Crippen molar-refractivity contribution in [1.82, 2.24) is 4.31 Å². The molecule has 1 unspecified atom stereocenters. The molecule has 0 aliphatic carbocycles. The monoisotopic (exact) mass is 209 g/mol. The fourth-order valence-corrected chi connectivity index (χ4v) is 1.04. The Labute approximate surface area is 80.5 Å². The molecule has 1 atom stereocenters. The zero-order chi connectivity index (χ0) is 10.3. The number of rotatable bonds is 6. The summed E-state index contributed by atoms with van der Waals surface area (Å²) in [6.45, 7) is 2.52. The third-order valence-corrected chi connectivity index (χ3v) is 2.14. The molecule has 5 nitrogen and oxygen atoms in total. The molecule has 0 spiro atoms. The van der Waals surface area contributed by atoms with Crippen LogP contribution in [0.1, 0.15) is 19.8 Å².